The van der Waals surface area contributed by atoms with Crippen LogP contribution in [0.3, 0.4) is 0 Å². The van der Waals surface area contributed by atoms with E-state index in [1.165, 1.54) is 12.8 Å². The molecule has 2 saturated heterocycles. The van der Waals surface area contributed by atoms with Crippen molar-refractivity contribution >= 4 is 17.2 Å². The Morgan fingerprint density at radius 3 is 2.86 bits per heavy atom. The van der Waals surface area contributed by atoms with Gasteiger partial charge in [-0.05, 0) is 25.8 Å². The summed E-state index contributed by atoms with van der Waals surface area (Å²) < 4.78 is 5.41. The second-order valence-electron chi connectivity index (χ2n) is 4.17. The largest absolute Gasteiger partial charge is 0.392 e. The standard InChI is InChI=1S/C10H18N2OS/c11-10(14)9-3-1-2-5-12(9)8-4-6-13-7-8/h8-9H,1-7H2,(H2,11,14). The first-order chi connectivity index (χ1) is 6.79. The van der Waals surface area contributed by atoms with Crippen LogP contribution in [0.1, 0.15) is 25.7 Å². The summed E-state index contributed by atoms with van der Waals surface area (Å²) in [6.07, 6.45) is 4.80. The Hall–Kier alpha value is -0.190. The van der Waals surface area contributed by atoms with E-state index < -0.39 is 0 Å². The number of hydrogen-bond donors (Lipinski definition) is 1. The lowest BCUT2D eigenvalue weighted by atomic mass is 9.99. The van der Waals surface area contributed by atoms with Crippen molar-refractivity contribution in [2.75, 3.05) is 19.8 Å². The van der Waals surface area contributed by atoms with Crippen LogP contribution in [-0.2, 0) is 4.74 Å². The van der Waals surface area contributed by atoms with E-state index in [1.807, 2.05) is 0 Å². The summed E-state index contributed by atoms with van der Waals surface area (Å²) in [4.78, 5) is 3.12. The molecule has 0 radical (unpaired) electrons. The molecule has 0 aromatic carbocycles. The molecule has 2 unspecified atom stereocenters. The maximum atomic E-state index is 5.77. The molecule has 0 saturated carbocycles. The van der Waals surface area contributed by atoms with Gasteiger partial charge in [0.2, 0.25) is 0 Å². The van der Waals surface area contributed by atoms with Gasteiger partial charge in [0.05, 0.1) is 17.6 Å². The Kier molecular flexibility index (Phi) is 3.36. The number of rotatable bonds is 2. The zero-order valence-electron chi connectivity index (χ0n) is 8.45. The zero-order chi connectivity index (χ0) is 9.97. The first-order valence-corrected chi connectivity index (χ1v) is 5.82. The van der Waals surface area contributed by atoms with Gasteiger partial charge in [-0.3, -0.25) is 4.90 Å². The van der Waals surface area contributed by atoms with Crippen LogP contribution in [0, 0.1) is 0 Å². The lowest BCUT2D eigenvalue weighted by molar-refractivity contribution is 0.109. The summed E-state index contributed by atoms with van der Waals surface area (Å²) in [5, 5.41) is 0. The normalized spacial score (nSPS) is 34.6. The maximum absolute atomic E-state index is 5.77. The first kappa shape index (κ1) is 10.3. The zero-order valence-corrected chi connectivity index (χ0v) is 9.26. The van der Waals surface area contributed by atoms with E-state index in [9.17, 15) is 0 Å². The molecule has 4 heteroatoms. The predicted molar refractivity (Wildman–Crippen MR) is 60.4 cm³/mol. The molecule has 0 amide bonds. The van der Waals surface area contributed by atoms with Gasteiger partial charge in [0, 0.05) is 12.6 Å². The molecule has 2 heterocycles. The molecular formula is C10H18N2OS. The number of nitrogens with two attached hydrogens (primary N) is 1. The van der Waals surface area contributed by atoms with Crippen molar-refractivity contribution < 1.29 is 4.74 Å². The monoisotopic (exact) mass is 214 g/mol. The van der Waals surface area contributed by atoms with Crippen molar-refractivity contribution in [3.63, 3.8) is 0 Å². The average molecular weight is 214 g/mol. The Labute approximate surface area is 90.6 Å². The molecule has 2 aliphatic heterocycles. The fraction of sp³-hybridized carbons (Fsp3) is 0.900. The molecule has 0 aromatic rings. The Balaban J connectivity index is 2.01. The van der Waals surface area contributed by atoms with E-state index in [4.69, 9.17) is 22.7 Å². The van der Waals surface area contributed by atoms with Gasteiger partial charge in [-0.25, -0.2) is 0 Å². The summed E-state index contributed by atoms with van der Waals surface area (Å²) in [5.74, 6) is 0. The molecule has 0 aromatic heterocycles. The van der Waals surface area contributed by atoms with Crippen LogP contribution in [0.5, 0.6) is 0 Å². The summed E-state index contributed by atoms with van der Waals surface area (Å²) in [6.45, 7) is 2.89. The smallest absolute Gasteiger partial charge is 0.0902 e. The summed E-state index contributed by atoms with van der Waals surface area (Å²) >= 11 is 5.12. The molecule has 2 aliphatic rings. The SMILES string of the molecule is NC(=S)C1CCCCN1C1CCOC1. The highest BCUT2D eigenvalue weighted by Crippen LogP contribution is 2.23. The highest BCUT2D eigenvalue weighted by Gasteiger charge is 2.32. The fourth-order valence-electron chi connectivity index (χ4n) is 2.48. The summed E-state index contributed by atoms with van der Waals surface area (Å²) in [6, 6.07) is 0.882. The van der Waals surface area contributed by atoms with E-state index in [0.717, 1.165) is 32.6 Å². The van der Waals surface area contributed by atoms with Crippen molar-refractivity contribution in [3.05, 3.63) is 0 Å². The van der Waals surface area contributed by atoms with Crippen LogP contribution in [0.15, 0.2) is 0 Å². The van der Waals surface area contributed by atoms with E-state index in [1.54, 1.807) is 0 Å². The molecule has 2 atom stereocenters. The quantitative estimate of drug-likeness (QED) is 0.694. The predicted octanol–water partition coefficient (Wildman–Crippen LogP) is 0.916. The lowest BCUT2D eigenvalue weighted by Gasteiger charge is -2.38. The maximum Gasteiger partial charge on any atom is 0.0902 e. The van der Waals surface area contributed by atoms with Gasteiger partial charge in [0.25, 0.3) is 0 Å². The molecule has 2 rings (SSSR count). The lowest BCUT2D eigenvalue weighted by Crippen LogP contribution is -2.51. The minimum Gasteiger partial charge on any atom is -0.392 e. The van der Waals surface area contributed by atoms with Gasteiger partial charge in [0.15, 0.2) is 0 Å². The van der Waals surface area contributed by atoms with Crippen LogP contribution in [0.25, 0.3) is 0 Å². The van der Waals surface area contributed by atoms with E-state index in [2.05, 4.69) is 4.90 Å². The molecule has 0 spiro atoms. The van der Waals surface area contributed by atoms with Crippen LogP contribution >= 0.6 is 12.2 Å². The number of ether oxygens (including phenoxy) is 1. The van der Waals surface area contributed by atoms with Crippen molar-refractivity contribution in [2.24, 2.45) is 5.73 Å². The number of hydrogen-bond acceptors (Lipinski definition) is 3. The third-order valence-corrected chi connectivity index (χ3v) is 3.52. The van der Waals surface area contributed by atoms with Crippen LogP contribution < -0.4 is 5.73 Å². The summed E-state index contributed by atoms with van der Waals surface area (Å²) in [5.41, 5.74) is 5.77. The van der Waals surface area contributed by atoms with Gasteiger partial charge in [-0.15, -0.1) is 0 Å². The van der Waals surface area contributed by atoms with Crippen molar-refractivity contribution in [2.45, 2.75) is 37.8 Å². The molecular weight excluding hydrogens is 196 g/mol. The molecule has 0 aliphatic carbocycles. The number of nitrogens with zero attached hydrogens (tertiary/aromatic N) is 1. The van der Waals surface area contributed by atoms with E-state index in [0.29, 0.717) is 17.1 Å². The molecule has 80 valence electrons. The minimum absolute atomic E-state index is 0.324. The minimum atomic E-state index is 0.324. The molecule has 3 nitrogen and oxygen atoms in total. The Morgan fingerprint density at radius 2 is 2.21 bits per heavy atom. The average Bonchev–Trinajstić information content (AvgIpc) is 2.70. The molecule has 0 bridgehead atoms. The second kappa shape index (κ2) is 4.55. The molecule has 14 heavy (non-hydrogen) atoms. The van der Waals surface area contributed by atoms with Crippen molar-refractivity contribution in [1.82, 2.24) is 4.90 Å². The fourth-order valence-corrected chi connectivity index (χ4v) is 2.73. The van der Waals surface area contributed by atoms with Gasteiger partial charge in [-0.1, -0.05) is 18.6 Å². The summed E-state index contributed by atoms with van der Waals surface area (Å²) in [7, 11) is 0. The molecule has 2 fully saturated rings. The topological polar surface area (TPSA) is 38.5 Å². The number of thiocarbonyl (C=S) groups is 1. The number of piperidine rings is 1. The van der Waals surface area contributed by atoms with Crippen molar-refractivity contribution in [3.8, 4) is 0 Å². The molecule has 2 N–H and O–H groups in total. The van der Waals surface area contributed by atoms with Crippen LogP contribution in [0.2, 0.25) is 0 Å². The van der Waals surface area contributed by atoms with E-state index >= 15 is 0 Å². The van der Waals surface area contributed by atoms with Crippen molar-refractivity contribution in [1.29, 1.82) is 0 Å². The van der Waals surface area contributed by atoms with Gasteiger partial charge < -0.3 is 10.5 Å². The second-order valence-corrected chi connectivity index (χ2v) is 4.64. The highest BCUT2D eigenvalue weighted by atomic mass is 32.1. The van der Waals surface area contributed by atoms with Crippen LogP contribution in [-0.4, -0.2) is 41.7 Å². The van der Waals surface area contributed by atoms with E-state index in [-0.39, 0.29) is 0 Å². The van der Waals surface area contributed by atoms with Gasteiger partial charge in [0.1, 0.15) is 0 Å². The first-order valence-electron chi connectivity index (χ1n) is 5.42. The third-order valence-electron chi connectivity index (χ3n) is 3.25. The Bertz CT molecular complexity index is 216. The Morgan fingerprint density at radius 1 is 1.36 bits per heavy atom. The highest BCUT2D eigenvalue weighted by molar-refractivity contribution is 7.80. The van der Waals surface area contributed by atoms with Gasteiger partial charge >= 0.3 is 0 Å². The van der Waals surface area contributed by atoms with Crippen LogP contribution in [0.4, 0.5) is 0 Å². The third kappa shape index (κ3) is 2.07. The van der Waals surface area contributed by atoms with Gasteiger partial charge in [-0.2, -0.15) is 0 Å². The number of likely N-dealkylation sites (tertiary alicyclic amines) is 1.